The average molecular weight is 318 g/mol. The third-order valence-corrected chi connectivity index (χ3v) is 3.39. The Labute approximate surface area is 136 Å². The number of urea groups is 1. The molecule has 0 spiro atoms. The molecule has 1 fully saturated rings. The van der Waals surface area contributed by atoms with E-state index < -0.39 is 0 Å². The van der Waals surface area contributed by atoms with Gasteiger partial charge in [0.15, 0.2) is 0 Å². The number of morpholine rings is 1. The second-order valence-corrected chi connectivity index (χ2v) is 5.26. The minimum Gasteiger partial charge on any atom is -0.463 e. The lowest BCUT2D eigenvalue weighted by atomic mass is 10.2. The molecule has 6 nitrogen and oxygen atoms in total. The highest BCUT2D eigenvalue weighted by Crippen LogP contribution is 2.13. The van der Waals surface area contributed by atoms with Crippen molar-refractivity contribution in [1.29, 1.82) is 0 Å². The first-order chi connectivity index (χ1) is 11.1. The molecule has 2 rings (SSSR count). The van der Waals surface area contributed by atoms with Gasteiger partial charge in [-0.05, 0) is 37.6 Å². The van der Waals surface area contributed by atoms with E-state index in [1.807, 2.05) is 19.1 Å². The maximum absolute atomic E-state index is 12.2. The van der Waals surface area contributed by atoms with Crippen LogP contribution in [0.1, 0.15) is 19.4 Å². The summed E-state index contributed by atoms with van der Waals surface area (Å²) < 4.78 is 10.2. The summed E-state index contributed by atoms with van der Waals surface area (Å²) in [5, 5.41) is 2.86. The first kappa shape index (κ1) is 17.0. The number of nitrogens with zero attached hydrogens (tertiary/aromatic N) is 1. The number of nitrogens with one attached hydrogen (secondary N) is 1. The second kappa shape index (κ2) is 8.33. The number of carbonyl (C=O) groups is 2. The Bertz CT molecular complexity index is 568. The van der Waals surface area contributed by atoms with Gasteiger partial charge in [0.2, 0.25) is 0 Å². The van der Waals surface area contributed by atoms with E-state index in [9.17, 15) is 9.59 Å². The highest BCUT2D eigenvalue weighted by molar-refractivity contribution is 5.90. The van der Waals surface area contributed by atoms with Crippen molar-refractivity contribution in [3.8, 4) is 0 Å². The van der Waals surface area contributed by atoms with E-state index in [0.717, 1.165) is 5.56 Å². The highest BCUT2D eigenvalue weighted by Gasteiger charge is 2.21. The number of esters is 1. The van der Waals surface area contributed by atoms with Crippen LogP contribution in [0.5, 0.6) is 0 Å². The molecule has 1 aromatic rings. The van der Waals surface area contributed by atoms with E-state index in [1.165, 1.54) is 6.08 Å². The molecule has 0 bridgehead atoms. The predicted molar refractivity (Wildman–Crippen MR) is 88.1 cm³/mol. The van der Waals surface area contributed by atoms with Gasteiger partial charge in [0, 0.05) is 24.9 Å². The first-order valence-electron chi connectivity index (χ1n) is 7.71. The Morgan fingerprint density at radius 1 is 1.39 bits per heavy atom. The number of anilines is 1. The summed E-state index contributed by atoms with van der Waals surface area (Å²) in [6, 6.07) is 7.12. The van der Waals surface area contributed by atoms with E-state index in [2.05, 4.69) is 5.32 Å². The molecule has 0 aromatic heterocycles. The Balaban J connectivity index is 1.89. The zero-order valence-corrected chi connectivity index (χ0v) is 13.5. The van der Waals surface area contributed by atoms with Crippen LogP contribution in [0.3, 0.4) is 0 Å². The van der Waals surface area contributed by atoms with Gasteiger partial charge in [0.1, 0.15) is 0 Å². The van der Waals surface area contributed by atoms with Crippen LogP contribution in [0.25, 0.3) is 6.08 Å². The van der Waals surface area contributed by atoms with Crippen molar-refractivity contribution >= 4 is 23.8 Å². The Kier molecular flexibility index (Phi) is 6.17. The monoisotopic (exact) mass is 318 g/mol. The molecule has 1 saturated heterocycles. The maximum atomic E-state index is 12.2. The van der Waals surface area contributed by atoms with Gasteiger partial charge < -0.3 is 19.7 Å². The minimum absolute atomic E-state index is 0.0601. The third kappa shape index (κ3) is 5.41. The number of ether oxygens (including phenoxy) is 2. The van der Waals surface area contributed by atoms with Crippen molar-refractivity contribution in [3.63, 3.8) is 0 Å². The van der Waals surface area contributed by atoms with Crippen molar-refractivity contribution in [2.24, 2.45) is 0 Å². The number of rotatable bonds is 4. The van der Waals surface area contributed by atoms with Crippen LogP contribution in [0.2, 0.25) is 0 Å². The van der Waals surface area contributed by atoms with Gasteiger partial charge in [-0.3, -0.25) is 0 Å². The molecule has 124 valence electrons. The molecule has 6 heteroatoms. The zero-order valence-electron chi connectivity index (χ0n) is 13.5. The van der Waals surface area contributed by atoms with E-state index in [1.54, 1.807) is 30.0 Å². The largest absolute Gasteiger partial charge is 0.463 e. The van der Waals surface area contributed by atoms with Crippen molar-refractivity contribution < 1.29 is 19.1 Å². The molecule has 1 N–H and O–H groups in total. The van der Waals surface area contributed by atoms with Gasteiger partial charge in [-0.25, -0.2) is 9.59 Å². The van der Waals surface area contributed by atoms with Crippen LogP contribution in [-0.2, 0) is 14.3 Å². The number of amides is 2. The molecule has 1 aliphatic rings. The van der Waals surface area contributed by atoms with Crippen LogP contribution in [0.4, 0.5) is 10.5 Å². The molecule has 1 atom stereocenters. The minimum atomic E-state index is -0.369. The Morgan fingerprint density at radius 2 is 2.13 bits per heavy atom. The summed E-state index contributed by atoms with van der Waals surface area (Å²) in [7, 11) is 0. The maximum Gasteiger partial charge on any atom is 0.330 e. The van der Waals surface area contributed by atoms with Gasteiger partial charge in [-0.1, -0.05) is 12.1 Å². The molecular formula is C17H22N2O4. The first-order valence-corrected chi connectivity index (χ1v) is 7.71. The van der Waals surface area contributed by atoms with Crippen LogP contribution >= 0.6 is 0 Å². The quantitative estimate of drug-likeness (QED) is 0.684. The number of hydrogen-bond donors (Lipinski definition) is 1. The van der Waals surface area contributed by atoms with E-state index >= 15 is 0 Å². The van der Waals surface area contributed by atoms with Crippen molar-refractivity contribution in [3.05, 3.63) is 35.9 Å². The fourth-order valence-electron chi connectivity index (χ4n) is 2.24. The van der Waals surface area contributed by atoms with Gasteiger partial charge in [-0.2, -0.15) is 0 Å². The van der Waals surface area contributed by atoms with E-state index in [0.29, 0.717) is 32.0 Å². The van der Waals surface area contributed by atoms with Gasteiger partial charge in [0.25, 0.3) is 0 Å². The molecule has 1 aliphatic heterocycles. The standard InChI is InChI=1S/C17H22N2O4/c1-3-22-16(20)9-6-14-4-7-15(8-5-14)18-17(21)19-10-11-23-13(2)12-19/h4-9,13H,3,10-12H2,1-2H3,(H,18,21)/b9-6+/t13-/m0/s1. The lowest BCUT2D eigenvalue weighted by Gasteiger charge is -2.31. The fourth-order valence-corrected chi connectivity index (χ4v) is 2.24. The molecular weight excluding hydrogens is 296 g/mol. The van der Waals surface area contributed by atoms with Crippen molar-refractivity contribution in [1.82, 2.24) is 4.90 Å². The highest BCUT2D eigenvalue weighted by atomic mass is 16.5. The summed E-state index contributed by atoms with van der Waals surface area (Å²) in [6.45, 7) is 5.81. The van der Waals surface area contributed by atoms with Crippen molar-refractivity contribution in [2.45, 2.75) is 20.0 Å². The van der Waals surface area contributed by atoms with Crippen LogP contribution in [-0.4, -0.2) is 49.3 Å². The third-order valence-electron chi connectivity index (χ3n) is 3.39. The predicted octanol–water partition coefficient (Wildman–Crippen LogP) is 2.52. The summed E-state index contributed by atoms with van der Waals surface area (Å²) in [4.78, 5) is 25.2. The SMILES string of the molecule is CCOC(=O)/C=C/c1ccc(NC(=O)N2CCO[C@@H](C)C2)cc1. The zero-order chi connectivity index (χ0) is 16.7. The summed E-state index contributed by atoms with van der Waals surface area (Å²) in [5.41, 5.74) is 1.57. The van der Waals surface area contributed by atoms with Crippen LogP contribution < -0.4 is 5.32 Å². The smallest absolute Gasteiger partial charge is 0.330 e. The normalized spacial score (nSPS) is 18.0. The summed E-state index contributed by atoms with van der Waals surface area (Å²) in [6.07, 6.45) is 3.12. The average Bonchev–Trinajstić information content (AvgIpc) is 2.54. The van der Waals surface area contributed by atoms with Gasteiger partial charge in [-0.15, -0.1) is 0 Å². The number of carbonyl (C=O) groups excluding carboxylic acids is 2. The topological polar surface area (TPSA) is 67.9 Å². The summed E-state index contributed by atoms with van der Waals surface area (Å²) in [5.74, 6) is -0.369. The van der Waals surface area contributed by atoms with Crippen LogP contribution in [0.15, 0.2) is 30.3 Å². The van der Waals surface area contributed by atoms with Gasteiger partial charge in [0.05, 0.1) is 19.3 Å². The number of hydrogen-bond acceptors (Lipinski definition) is 4. The molecule has 0 aliphatic carbocycles. The molecule has 1 aromatic carbocycles. The molecule has 1 heterocycles. The molecule has 0 saturated carbocycles. The Morgan fingerprint density at radius 3 is 2.78 bits per heavy atom. The molecule has 0 radical (unpaired) electrons. The summed E-state index contributed by atoms with van der Waals surface area (Å²) >= 11 is 0. The van der Waals surface area contributed by atoms with E-state index in [4.69, 9.17) is 9.47 Å². The number of benzene rings is 1. The van der Waals surface area contributed by atoms with Gasteiger partial charge >= 0.3 is 12.0 Å². The van der Waals surface area contributed by atoms with Crippen LogP contribution in [0, 0.1) is 0 Å². The lowest BCUT2D eigenvalue weighted by molar-refractivity contribution is -0.137. The Hall–Kier alpha value is -2.34. The second-order valence-electron chi connectivity index (χ2n) is 5.26. The molecule has 2 amide bonds. The van der Waals surface area contributed by atoms with E-state index in [-0.39, 0.29) is 18.1 Å². The van der Waals surface area contributed by atoms with Crippen molar-refractivity contribution in [2.75, 3.05) is 31.6 Å². The molecule has 23 heavy (non-hydrogen) atoms. The fraction of sp³-hybridized carbons (Fsp3) is 0.412. The lowest BCUT2D eigenvalue weighted by Crippen LogP contribution is -2.46. The molecule has 0 unspecified atom stereocenters.